The number of carbonyl (C=O) groups is 1. The molecule has 1 amide bonds. The summed E-state index contributed by atoms with van der Waals surface area (Å²) in [5.41, 5.74) is 1.10. The topological polar surface area (TPSA) is 73.9 Å². The smallest absolute Gasteiger partial charge is 0.256 e. The van der Waals surface area contributed by atoms with Crippen molar-refractivity contribution >= 4 is 22.8 Å². The van der Waals surface area contributed by atoms with E-state index in [9.17, 15) is 13.6 Å². The van der Waals surface area contributed by atoms with Crippen LogP contribution in [0.3, 0.4) is 0 Å². The maximum Gasteiger partial charge on any atom is 0.256 e. The lowest BCUT2D eigenvalue weighted by molar-refractivity contribution is -0.130. The highest BCUT2D eigenvalue weighted by Gasteiger charge is 2.58. The Labute approximate surface area is 162 Å². The summed E-state index contributed by atoms with van der Waals surface area (Å²) in [6.45, 7) is 8.36. The summed E-state index contributed by atoms with van der Waals surface area (Å²) >= 11 is 0. The van der Waals surface area contributed by atoms with Gasteiger partial charge in [-0.05, 0) is 30.4 Å². The molecule has 0 spiro atoms. The molecule has 4 rings (SSSR count). The van der Waals surface area contributed by atoms with Crippen LogP contribution in [0.2, 0.25) is 0 Å². The molecule has 0 aromatic carbocycles. The van der Waals surface area contributed by atoms with Gasteiger partial charge in [0.1, 0.15) is 17.8 Å². The number of hydrogen-bond donors (Lipinski definition) is 2. The number of aromatic amines is 1. The number of likely N-dealkylation sites (tertiary alicyclic amines) is 1. The highest BCUT2D eigenvalue weighted by Crippen LogP contribution is 2.57. The molecule has 2 N–H and O–H groups in total. The van der Waals surface area contributed by atoms with E-state index in [1.807, 2.05) is 4.90 Å². The maximum atomic E-state index is 13.6. The van der Waals surface area contributed by atoms with Crippen LogP contribution in [0.5, 0.6) is 0 Å². The van der Waals surface area contributed by atoms with E-state index < -0.39 is 11.8 Å². The van der Waals surface area contributed by atoms with E-state index in [0.29, 0.717) is 34.9 Å². The Hall–Kier alpha value is -2.51. The lowest BCUT2D eigenvalue weighted by Crippen LogP contribution is -2.52. The van der Waals surface area contributed by atoms with Gasteiger partial charge in [-0.15, -0.1) is 0 Å². The maximum absolute atomic E-state index is 13.6. The van der Waals surface area contributed by atoms with Gasteiger partial charge < -0.3 is 15.2 Å². The van der Waals surface area contributed by atoms with E-state index in [-0.39, 0.29) is 24.4 Å². The first-order valence-electron chi connectivity index (χ1n) is 9.71. The van der Waals surface area contributed by atoms with E-state index >= 15 is 0 Å². The fourth-order valence-corrected chi connectivity index (χ4v) is 4.29. The second-order valence-corrected chi connectivity index (χ2v) is 8.13. The Bertz CT molecular complexity index is 909. The number of fused-ring (bicyclic) bond motifs is 1. The molecule has 1 aliphatic carbocycles. The summed E-state index contributed by atoms with van der Waals surface area (Å²) in [4.78, 5) is 25.7. The molecule has 8 heteroatoms. The molecule has 150 valence electrons. The second kappa shape index (κ2) is 6.83. The van der Waals surface area contributed by atoms with Gasteiger partial charge in [-0.25, -0.2) is 18.7 Å². The van der Waals surface area contributed by atoms with Gasteiger partial charge in [-0.3, -0.25) is 4.79 Å². The fourth-order valence-electron chi connectivity index (χ4n) is 4.29. The van der Waals surface area contributed by atoms with Gasteiger partial charge in [0, 0.05) is 31.2 Å². The van der Waals surface area contributed by atoms with Gasteiger partial charge in [-0.1, -0.05) is 20.4 Å². The van der Waals surface area contributed by atoms with Crippen LogP contribution in [0.4, 0.5) is 14.6 Å². The highest BCUT2D eigenvalue weighted by atomic mass is 19.3. The van der Waals surface area contributed by atoms with Crippen LogP contribution in [-0.4, -0.2) is 50.3 Å². The first-order chi connectivity index (χ1) is 13.3. The van der Waals surface area contributed by atoms with Crippen LogP contribution in [0, 0.1) is 5.92 Å². The molecule has 2 aromatic rings. The van der Waals surface area contributed by atoms with Crippen molar-refractivity contribution in [1.29, 1.82) is 0 Å². The van der Waals surface area contributed by atoms with Gasteiger partial charge in [0.25, 0.3) is 5.92 Å². The molecule has 2 aliphatic rings. The first kappa shape index (κ1) is 18.8. The summed E-state index contributed by atoms with van der Waals surface area (Å²) in [6, 6.07) is 0.154. The zero-order valence-corrected chi connectivity index (χ0v) is 16.1. The van der Waals surface area contributed by atoms with Crippen molar-refractivity contribution in [2.75, 3.05) is 11.9 Å². The number of alkyl halides is 2. The van der Waals surface area contributed by atoms with Gasteiger partial charge in [0.15, 0.2) is 0 Å². The minimum absolute atomic E-state index is 0.0144. The quantitative estimate of drug-likeness (QED) is 0.765. The normalized spacial score (nSPS) is 26.5. The predicted molar refractivity (Wildman–Crippen MR) is 103 cm³/mol. The van der Waals surface area contributed by atoms with Crippen molar-refractivity contribution in [3.05, 3.63) is 30.7 Å². The molecule has 28 heavy (non-hydrogen) atoms. The number of amides is 1. The summed E-state index contributed by atoms with van der Waals surface area (Å²) in [5.74, 6) is -2.64. The molecule has 0 bridgehead atoms. The summed E-state index contributed by atoms with van der Waals surface area (Å²) in [5, 5.41) is 4.01. The number of nitrogens with one attached hydrogen (secondary N) is 2. The van der Waals surface area contributed by atoms with E-state index in [1.54, 1.807) is 6.20 Å². The number of nitrogens with zero attached hydrogens (tertiary/aromatic N) is 3. The number of aromatic nitrogens is 3. The summed E-state index contributed by atoms with van der Waals surface area (Å²) in [7, 11) is 0. The molecule has 1 unspecified atom stereocenters. The molecule has 3 heterocycles. The average Bonchev–Trinajstić information content (AvgIpc) is 3.10. The van der Waals surface area contributed by atoms with Crippen LogP contribution in [0.25, 0.3) is 11.0 Å². The van der Waals surface area contributed by atoms with Crippen molar-refractivity contribution in [3.63, 3.8) is 0 Å². The van der Waals surface area contributed by atoms with Crippen LogP contribution >= 0.6 is 0 Å². The second-order valence-electron chi connectivity index (χ2n) is 8.13. The largest absolute Gasteiger partial charge is 0.365 e. The Morgan fingerprint density at radius 3 is 2.82 bits per heavy atom. The standard InChI is InChI=1S/C20H25F2N5O/c1-4-16(28)27-9-12(5-6-15(27)11(2)3)26-19-17-13(14-7-20(14,21)22)8-23-18(17)24-10-25-19/h4,8,10-12,14-15H,1,5-7,9H2,2-3H3,(H2,23,24,25,26)/t12?,14-,15-/m0/s1. The molecule has 2 fully saturated rings. The number of halogens is 2. The molecule has 1 aliphatic heterocycles. The fraction of sp³-hybridized carbons (Fsp3) is 0.550. The minimum atomic E-state index is -2.66. The lowest BCUT2D eigenvalue weighted by atomic mass is 9.90. The minimum Gasteiger partial charge on any atom is -0.365 e. The zero-order chi connectivity index (χ0) is 20.1. The van der Waals surface area contributed by atoms with Crippen molar-refractivity contribution in [3.8, 4) is 0 Å². The van der Waals surface area contributed by atoms with Crippen LogP contribution in [-0.2, 0) is 4.79 Å². The van der Waals surface area contributed by atoms with Gasteiger partial charge in [0.05, 0.1) is 11.3 Å². The summed E-state index contributed by atoms with van der Waals surface area (Å²) < 4.78 is 27.3. The molecule has 1 saturated carbocycles. The molecule has 1 saturated heterocycles. The molecule has 3 atom stereocenters. The van der Waals surface area contributed by atoms with Crippen molar-refractivity contribution in [2.24, 2.45) is 5.92 Å². The number of piperidine rings is 1. The Kier molecular flexibility index (Phi) is 4.59. The molecular weight excluding hydrogens is 364 g/mol. The SMILES string of the molecule is C=CC(=O)N1CC(Nc2ncnc3[nH]cc([C@@H]4CC4(F)F)c23)CC[C@H]1C(C)C. The van der Waals surface area contributed by atoms with E-state index in [0.717, 1.165) is 12.8 Å². The van der Waals surface area contributed by atoms with Crippen LogP contribution in [0.1, 0.15) is 44.6 Å². The Morgan fingerprint density at radius 1 is 1.43 bits per heavy atom. The molecule has 0 radical (unpaired) electrons. The zero-order valence-electron chi connectivity index (χ0n) is 16.1. The first-order valence-corrected chi connectivity index (χ1v) is 9.71. The lowest BCUT2D eigenvalue weighted by Gasteiger charge is -2.41. The van der Waals surface area contributed by atoms with Crippen molar-refractivity contribution in [2.45, 2.75) is 57.0 Å². The third-order valence-electron chi connectivity index (χ3n) is 5.90. The Morgan fingerprint density at radius 2 is 2.18 bits per heavy atom. The Balaban J connectivity index is 1.59. The third kappa shape index (κ3) is 3.25. The van der Waals surface area contributed by atoms with E-state index in [4.69, 9.17) is 0 Å². The molecule has 2 aromatic heterocycles. The average molecular weight is 389 g/mol. The molecule has 6 nitrogen and oxygen atoms in total. The van der Waals surface area contributed by atoms with E-state index in [1.165, 1.54) is 12.4 Å². The summed E-state index contributed by atoms with van der Waals surface area (Å²) in [6.07, 6.45) is 5.97. The predicted octanol–water partition coefficient (Wildman–Crippen LogP) is 3.69. The van der Waals surface area contributed by atoms with Gasteiger partial charge >= 0.3 is 0 Å². The number of rotatable bonds is 5. The van der Waals surface area contributed by atoms with E-state index in [2.05, 4.69) is 40.7 Å². The number of hydrogen-bond acceptors (Lipinski definition) is 4. The van der Waals surface area contributed by atoms with Crippen LogP contribution < -0.4 is 5.32 Å². The highest BCUT2D eigenvalue weighted by molar-refractivity contribution is 5.91. The van der Waals surface area contributed by atoms with Gasteiger partial charge in [0.2, 0.25) is 5.91 Å². The number of carbonyl (C=O) groups excluding carboxylic acids is 1. The number of H-pyrrole nitrogens is 1. The van der Waals surface area contributed by atoms with Crippen LogP contribution in [0.15, 0.2) is 25.2 Å². The van der Waals surface area contributed by atoms with Crippen molar-refractivity contribution in [1.82, 2.24) is 19.9 Å². The van der Waals surface area contributed by atoms with Gasteiger partial charge in [-0.2, -0.15) is 0 Å². The molecular formula is C20H25F2N5O. The number of anilines is 1. The van der Waals surface area contributed by atoms with Crippen molar-refractivity contribution < 1.29 is 13.6 Å². The third-order valence-corrected chi connectivity index (χ3v) is 5.90. The monoisotopic (exact) mass is 389 g/mol.